The molecule has 0 bridgehead atoms. The van der Waals surface area contributed by atoms with Gasteiger partial charge in [0.1, 0.15) is 21.9 Å². The summed E-state index contributed by atoms with van der Waals surface area (Å²) in [5, 5.41) is 0. The molecule has 1 atom stereocenters. The lowest BCUT2D eigenvalue weighted by molar-refractivity contribution is 0.491. The Morgan fingerprint density at radius 1 is 1.17 bits per heavy atom. The van der Waals surface area contributed by atoms with E-state index in [0.717, 1.165) is 6.07 Å². The Kier molecular flexibility index (Phi) is 4.81. The van der Waals surface area contributed by atoms with Crippen LogP contribution in [0.25, 0.3) is 0 Å². The lowest BCUT2D eigenvalue weighted by atomic mass is 10.1. The quantitative estimate of drug-likeness (QED) is 0.475. The first kappa shape index (κ1) is 15.0. The van der Waals surface area contributed by atoms with Gasteiger partial charge in [0.15, 0.2) is 11.6 Å². The topological polar surface area (TPSA) is 35.4 Å². The molecule has 1 aromatic carbocycles. The number of rotatable bonds is 3. The molecule has 0 aliphatic rings. The van der Waals surface area contributed by atoms with Gasteiger partial charge >= 0.3 is 0 Å². The standard InChI is InChI=1S/C12H14F3NOS/c1-12(2,3)18(17)16-5-4-8-6-10(14)11(15)7-9(8)13/h5-7H,4H2,1-3H3/t18-/m1/s1. The lowest BCUT2D eigenvalue weighted by Crippen LogP contribution is -2.25. The first-order chi connectivity index (χ1) is 8.21. The van der Waals surface area contributed by atoms with E-state index in [2.05, 4.69) is 4.40 Å². The fourth-order valence-electron chi connectivity index (χ4n) is 1.08. The molecule has 2 nitrogen and oxygen atoms in total. The number of halogens is 3. The van der Waals surface area contributed by atoms with Gasteiger partial charge in [0, 0.05) is 12.5 Å². The highest BCUT2D eigenvalue weighted by Gasteiger charge is 2.25. The van der Waals surface area contributed by atoms with Crippen molar-refractivity contribution in [3.63, 3.8) is 0 Å². The molecule has 0 aliphatic carbocycles. The van der Waals surface area contributed by atoms with Crippen molar-refractivity contribution in [1.29, 1.82) is 0 Å². The third-order valence-corrected chi connectivity index (χ3v) is 3.48. The monoisotopic (exact) mass is 277 g/mol. The average Bonchev–Trinajstić information content (AvgIpc) is 2.23. The van der Waals surface area contributed by atoms with Crippen LogP contribution in [0.4, 0.5) is 13.2 Å². The molecule has 0 amide bonds. The van der Waals surface area contributed by atoms with Gasteiger partial charge < -0.3 is 4.55 Å². The zero-order valence-corrected chi connectivity index (χ0v) is 11.2. The van der Waals surface area contributed by atoms with E-state index in [1.165, 1.54) is 6.21 Å². The molecule has 0 aromatic heterocycles. The minimum atomic E-state index is -1.45. The number of benzene rings is 1. The third-order valence-electron chi connectivity index (χ3n) is 2.09. The van der Waals surface area contributed by atoms with Crippen LogP contribution in [0.5, 0.6) is 0 Å². The summed E-state index contributed by atoms with van der Waals surface area (Å²) in [5.41, 5.74) is -0.0245. The summed E-state index contributed by atoms with van der Waals surface area (Å²) < 4.78 is 53.6. The van der Waals surface area contributed by atoms with Crippen molar-refractivity contribution in [2.75, 3.05) is 0 Å². The van der Waals surface area contributed by atoms with Gasteiger partial charge in [-0.1, -0.05) is 4.40 Å². The Balaban J connectivity index is 2.75. The van der Waals surface area contributed by atoms with Crippen molar-refractivity contribution in [3.05, 3.63) is 35.1 Å². The minimum absolute atomic E-state index is 0.0245. The van der Waals surface area contributed by atoms with Crippen molar-refractivity contribution in [2.24, 2.45) is 4.40 Å². The van der Waals surface area contributed by atoms with Crippen LogP contribution in [0.15, 0.2) is 16.5 Å². The van der Waals surface area contributed by atoms with Gasteiger partial charge in [-0.25, -0.2) is 13.2 Å². The fourth-order valence-corrected chi connectivity index (χ4v) is 1.61. The van der Waals surface area contributed by atoms with E-state index in [0.29, 0.717) is 6.07 Å². The van der Waals surface area contributed by atoms with Gasteiger partial charge in [0.25, 0.3) is 0 Å². The summed E-state index contributed by atoms with van der Waals surface area (Å²) in [6.07, 6.45) is 1.21. The summed E-state index contributed by atoms with van der Waals surface area (Å²) in [4.78, 5) is 0. The SMILES string of the molecule is CC(C)(C)[S@@+]([O-])N=CCc1cc(F)c(F)cc1F. The largest absolute Gasteiger partial charge is 0.591 e. The van der Waals surface area contributed by atoms with E-state index in [-0.39, 0.29) is 12.0 Å². The maximum atomic E-state index is 13.2. The van der Waals surface area contributed by atoms with Crippen LogP contribution in [0.1, 0.15) is 26.3 Å². The van der Waals surface area contributed by atoms with E-state index in [4.69, 9.17) is 0 Å². The molecule has 0 N–H and O–H groups in total. The first-order valence-corrected chi connectivity index (χ1v) is 6.40. The molecule has 1 rings (SSSR count). The summed E-state index contributed by atoms with van der Waals surface area (Å²) in [5.74, 6) is -3.19. The molecule has 0 radical (unpaired) electrons. The Labute approximate surface area is 107 Å². The highest BCUT2D eigenvalue weighted by Crippen LogP contribution is 2.17. The fraction of sp³-hybridized carbons (Fsp3) is 0.417. The summed E-state index contributed by atoms with van der Waals surface area (Å²) >= 11 is -1.45. The Hall–Kier alpha value is -1.01. The van der Waals surface area contributed by atoms with E-state index < -0.39 is 33.6 Å². The third kappa shape index (κ3) is 4.03. The van der Waals surface area contributed by atoms with Crippen molar-refractivity contribution in [1.82, 2.24) is 0 Å². The molecule has 6 heteroatoms. The summed E-state index contributed by atoms with van der Waals surface area (Å²) in [7, 11) is 0. The molecule has 18 heavy (non-hydrogen) atoms. The number of hydrogen-bond acceptors (Lipinski definition) is 2. The highest BCUT2D eigenvalue weighted by molar-refractivity contribution is 7.91. The minimum Gasteiger partial charge on any atom is -0.591 e. The van der Waals surface area contributed by atoms with Gasteiger partial charge in [-0.3, -0.25) is 0 Å². The van der Waals surface area contributed by atoms with Crippen molar-refractivity contribution < 1.29 is 17.7 Å². The van der Waals surface area contributed by atoms with Crippen LogP contribution in [0.3, 0.4) is 0 Å². The van der Waals surface area contributed by atoms with E-state index >= 15 is 0 Å². The van der Waals surface area contributed by atoms with Gasteiger partial charge in [0.05, 0.1) is 6.21 Å². The second kappa shape index (κ2) is 5.75. The molecule has 0 saturated carbocycles. The molecule has 0 spiro atoms. The molecule has 0 unspecified atom stereocenters. The van der Waals surface area contributed by atoms with Crippen LogP contribution in [-0.2, 0) is 17.8 Å². The van der Waals surface area contributed by atoms with Crippen LogP contribution in [0.2, 0.25) is 0 Å². The van der Waals surface area contributed by atoms with Gasteiger partial charge in [-0.15, -0.1) is 0 Å². The zero-order chi connectivity index (χ0) is 13.9. The second-order valence-corrected chi connectivity index (χ2v) is 6.65. The van der Waals surface area contributed by atoms with Gasteiger partial charge in [-0.2, -0.15) is 0 Å². The maximum absolute atomic E-state index is 13.2. The van der Waals surface area contributed by atoms with Gasteiger partial charge in [-0.05, 0) is 32.4 Å². The Morgan fingerprint density at radius 3 is 2.28 bits per heavy atom. The zero-order valence-electron chi connectivity index (χ0n) is 10.3. The Bertz CT molecular complexity index is 457. The van der Waals surface area contributed by atoms with E-state index in [1.807, 2.05) is 0 Å². The average molecular weight is 277 g/mol. The number of nitrogens with zero attached hydrogens (tertiary/aromatic N) is 1. The van der Waals surface area contributed by atoms with Crippen molar-refractivity contribution in [2.45, 2.75) is 31.9 Å². The summed E-state index contributed by atoms with van der Waals surface area (Å²) in [6.45, 7) is 5.25. The Morgan fingerprint density at radius 2 is 1.72 bits per heavy atom. The molecule has 1 aromatic rings. The predicted molar refractivity (Wildman–Crippen MR) is 66.4 cm³/mol. The molecule has 100 valence electrons. The highest BCUT2D eigenvalue weighted by atomic mass is 32.2. The summed E-state index contributed by atoms with van der Waals surface area (Å²) in [6, 6.07) is 1.26. The molecule has 0 heterocycles. The van der Waals surface area contributed by atoms with E-state index in [1.54, 1.807) is 20.8 Å². The predicted octanol–water partition coefficient (Wildman–Crippen LogP) is 3.18. The van der Waals surface area contributed by atoms with Crippen molar-refractivity contribution in [3.8, 4) is 0 Å². The van der Waals surface area contributed by atoms with E-state index in [9.17, 15) is 17.7 Å². The van der Waals surface area contributed by atoms with Crippen LogP contribution in [0, 0.1) is 17.5 Å². The molecule has 0 saturated heterocycles. The molecular formula is C12H14F3NOS. The first-order valence-electron chi connectivity index (χ1n) is 5.30. The van der Waals surface area contributed by atoms with Crippen molar-refractivity contribution >= 4 is 17.6 Å². The second-order valence-electron chi connectivity index (χ2n) is 4.71. The normalized spacial score (nSPS) is 14.2. The number of hydrogen-bond donors (Lipinski definition) is 0. The molecular weight excluding hydrogens is 263 g/mol. The van der Waals surface area contributed by atoms with Crippen LogP contribution < -0.4 is 0 Å². The van der Waals surface area contributed by atoms with Gasteiger partial charge in [0.2, 0.25) is 0 Å². The maximum Gasteiger partial charge on any atom is 0.161 e. The molecule has 0 aliphatic heterocycles. The van der Waals surface area contributed by atoms with Crippen LogP contribution >= 0.6 is 0 Å². The smallest absolute Gasteiger partial charge is 0.161 e. The van der Waals surface area contributed by atoms with Crippen LogP contribution in [-0.4, -0.2) is 15.5 Å². The molecule has 0 fully saturated rings. The lowest BCUT2D eigenvalue weighted by Gasteiger charge is -2.17.